The molecular formula is C13H21N5O. The summed E-state index contributed by atoms with van der Waals surface area (Å²) in [7, 11) is 1.88. The van der Waals surface area contributed by atoms with Crippen molar-refractivity contribution in [3.8, 4) is 0 Å². The van der Waals surface area contributed by atoms with Gasteiger partial charge in [-0.25, -0.2) is 9.97 Å². The zero-order valence-corrected chi connectivity index (χ0v) is 11.6. The predicted octanol–water partition coefficient (Wildman–Crippen LogP) is 1.98. The first-order chi connectivity index (χ1) is 9.33. The van der Waals surface area contributed by atoms with Crippen LogP contribution in [0.5, 0.6) is 0 Å². The van der Waals surface area contributed by atoms with E-state index in [2.05, 4.69) is 27.3 Å². The molecule has 0 spiro atoms. The molecule has 0 atom stereocenters. The Bertz CT molecular complexity index is 511. The Hall–Kier alpha value is -1.69. The molecule has 0 aliphatic heterocycles. The van der Waals surface area contributed by atoms with E-state index in [0.717, 1.165) is 49.5 Å². The molecule has 0 aliphatic rings. The van der Waals surface area contributed by atoms with Crippen molar-refractivity contribution < 1.29 is 4.74 Å². The van der Waals surface area contributed by atoms with Gasteiger partial charge in [-0.15, -0.1) is 0 Å². The SMILES string of the molecule is CCCCOCCCNc1ncnc2c1cnn2C. The summed E-state index contributed by atoms with van der Waals surface area (Å²) in [5.41, 5.74) is 0.844. The topological polar surface area (TPSA) is 64.9 Å². The van der Waals surface area contributed by atoms with E-state index in [1.54, 1.807) is 17.2 Å². The number of ether oxygens (including phenoxy) is 1. The Balaban J connectivity index is 1.79. The summed E-state index contributed by atoms with van der Waals surface area (Å²) in [5, 5.41) is 8.45. The molecule has 0 aliphatic carbocycles. The van der Waals surface area contributed by atoms with Crippen LogP contribution in [-0.4, -0.2) is 39.5 Å². The van der Waals surface area contributed by atoms with Gasteiger partial charge in [0.2, 0.25) is 0 Å². The number of aryl methyl sites for hydroxylation is 1. The number of hydrogen-bond donors (Lipinski definition) is 1. The molecule has 0 bridgehead atoms. The van der Waals surface area contributed by atoms with Gasteiger partial charge in [0.05, 0.1) is 11.6 Å². The van der Waals surface area contributed by atoms with Crippen LogP contribution in [0.2, 0.25) is 0 Å². The number of hydrogen-bond acceptors (Lipinski definition) is 5. The molecule has 104 valence electrons. The number of aromatic nitrogens is 4. The van der Waals surface area contributed by atoms with Crippen LogP contribution in [0.1, 0.15) is 26.2 Å². The van der Waals surface area contributed by atoms with E-state index >= 15 is 0 Å². The van der Waals surface area contributed by atoms with E-state index in [-0.39, 0.29) is 0 Å². The normalized spacial score (nSPS) is 11.1. The molecule has 2 rings (SSSR count). The lowest BCUT2D eigenvalue weighted by atomic mass is 10.3. The molecular weight excluding hydrogens is 242 g/mol. The minimum Gasteiger partial charge on any atom is -0.381 e. The lowest BCUT2D eigenvalue weighted by Gasteiger charge is -2.06. The Morgan fingerprint density at radius 2 is 2.11 bits per heavy atom. The van der Waals surface area contributed by atoms with Gasteiger partial charge in [-0.2, -0.15) is 5.10 Å². The summed E-state index contributed by atoms with van der Waals surface area (Å²) >= 11 is 0. The molecule has 0 fully saturated rings. The second-order valence-electron chi connectivity index (χ2n) is 4.47. The fraction of sp³-hybridized carbons (Fsp3) is 0.615. The monoisotopic (exact) mass is 263 g/mol. The average molecular weight is 263 g/mol. The fourth-order valence-electron chi connectivity index (χ4n) is 1.83. The number of anilines is 1. The van der Waals surface area contributed by atoms with Gasteiger partial charge in [-0.3, -0.25) is 4.68 Å². The van der Waals surface area contributed by atoms with Crippen LogP contribution in [0.3, 0.4) is 0 Å². The van der Waals surface area contributed by atoms with Gasteiger partial charge in [0.25, 0.3) is 0 Å². The van der Waals surface area contributed by atoms with E-state index in [4.69, 9.17) is 4.74 Å². The largest absolute Gasteiger partial charge is 0.381 e. The summed E-state index contributed by atoms with van der Waals surface area (Å²) in [4.78, 5) is 8.46. The van der Waals surface area contributed by atoms with Crippen molar-refractivity contribution in [3.63, 3.8) is 0 Å². The van der Waals surface area contributed by atoms with Crippen LogP contribution in [0.25, 0.3) is 11.0 Å². The summed E-state index contributed by atoms with van der Waals surface area (Å²) in [6.45, 7) is 4.65. The highest BCUT2D eigenvalue weighted by molar-refractivity contribution is 5.85. The summed E-state index contributed by atoms with van der Waals surface area (Å²) in [5.74, 6) is 0.839. The molecule has 2 aromatic heterocycles. The van der Waals surface area contributed by atoms with Crippen LogP contribution in [0.4, 0.5) is 5.82 Å². The van der Waals surface area contributed by atoms with Crippen LogP contribution in [0.15, 0.2) is 12.5 Å². The van der Waals surface area contributed by atoms with Gasteiger partial charge in [-0.05, 0) is 12.8 Å². The molecule has 19 heavy (non-hydrogen) atoms. The molecule has 0 amide bonds. The minimum absolute atomic E-state index is 0.786. The van der Waals surface area contributed by atoms with Crippen LogP contribution in [0, 0.1) is 0 Å². The molecule has 0 unspecified atom stereocenters. The van der Waals surface area contributed by atoms with Gasteiger partial charge >= 0.3 is 0 Å². The first kappa shape index (κ1) is 13.7. The molecule has 0 radical (unpaired) electrons. The van der Waals surface area contributed by atoms with E-state index < -0.39 is 0 Å². The lowest BCUT2D eigenvalue weighted by Crippen LogP contribution is -2.08. The number of unbranched alkanes of at least 4 members (excludes halogenated alkanes) is 1. The van der Waals surface area contributed by atoms with E-state index in [1.807, 2.05) is 7.05 Å². The second-order valence-corrected chi connectivity index (χ2v) is 4.47. The van der Waals surface area contributed by atoms with Crippen molar-refractivity contribution in [1.82, 2.24) is 19.7 Å². The molecule has 0 saturated carbocycles. The number of fused-ring (bicyclic) bond motifs is 1. The minimum atomic E-state index is 0.786. The quantitative estimate of drug-likeness (QED) is 0.738. The molecule has 0 saturated heterocycles. The summed E-state index contributed by atoms with van der Waals surface area (Å²) in [6, 6.07) is 0. The predicted molar refractivity (Wildman–Crippen MR) is 75.1 cm³/mol. The highest BCUT2D eigenvalue weighted by Gasteiger charge is 2.06. The standard InChI is InChI=1S/C13H21N5O/c1-3-4-7-19-8-5-6-14-12-11-9-17-18(2)13(11)16-10-15-12/h9-10H,3-8H2,1-2H3,(H,14,15,16). The van der Waals surface area contributed by atoms with E-state index in [9.17, 15) is 0 Å². The fourth-order valence-corrected chi connectivity index (χ4v) is 1.83. The average Bonchev–Trinajstić information content (AvgIpc) is 2.81. The van der Waals surface area contributed by atoms with Crippen molar-refractivity contribution in [2.75, 3.05) is 25.1 Å². The molecule has 2 aromatic rings. The van der Waals surface area contributed by atoms with Crippen LogP contribution >= 0.6 is 0 Å². The zero-order chi connectivity index (χ0) is 13.5. The first-order valence-corrected chi connectivity index (χ1v) is 6.77. The van der Waals surface area contributed by atoms with Gasteiger partial charge in [0, 0.05) is 26.8 Å². The van der Waals surface area contributed by atoms with Gasteiger partial charge in [0.15, 0.2) is 5.65 Å². The highest BCUT2D eigenvalue weighted by atomic mass is 16.5. The number of nitrogens with zero attached hydrogens (tertiary/aromatic N) is 4. The van der Waals surface area contributed by atoms with Crippen LogP contribution in [-0.2, 0) is 11.8 Å². The first-order valence-electron chi connectivity index (χ1n) is 6.77. The summed E-state index contributed by atoms with van der Waals surface area (Å²) < 4.78 is 7.26. The lowest BCUT2D eigenvalue weighted by molar-refractivity contribution is 0.131. The Morgan fingerprint density at radius 1 is 1.26 bits per heavy atom. The molecule has 2 heterocycles. The zero-order valence-electron chi connectivity index (χ0n) is 11.6. The number of rotatable bonds is 8. The van der Waals surface area contributed by atoms with E-state index in [1.165, 1.54) is 6.42 Å². The number of nitrogens with one attached hydrogen (secondary N) is 1. The maximum Gasteiger partial charge on any atom is 0.163 e. The molecule has 1 N–H and O–H groups in total. The molecule has 0 aromatic carbocycles. The van der Waals surface area contributed by atoms with Crippen molar-refractivity contribution in [2.45, 2.75) is 26.2 Å². The maximum absolute atomic E-state index is 5.51. The highest BCUT2D eigenvalue weighted by Crippen LogP contribution is 2.17. The Kier molecular flexibility index (Phi) is 5.09. The van der Waals surface area contributed by atoms with Gasteiger partial charge < -0.3 is 10.1 Å². The third kappa shape index (κ3) is 3.64. The molecule has 6 heteroatoms. The Labute approximate surface area is 113 Å². The van der Waals surface area contributed by atoms with Gasteiger partial charge in [0.1, 0.15) is 12.1 Å². The van der Waals surface area contributed by atoms with Crippen molar-refractivity contribution in [2.24, 2.45) is 7.05 Å². The Morgan fingerprint density at radius 3 is 2.95 bits per heavy atom. The smallest absolute Gasteiger partial charge is 0.163 e. The second kappa shape index (κ2) is 7.04. The third-order valence-electron chi connectivity index (χ3n) is 2.93. The third-order valence-corrected chi connectivity index (χ3v) is 2.93. The maximum atomic E-state index is 5.51. The van der Waals surface area contributed by atoms with E-state index in [0.29, 0.717) is 0 Å². The van der Waals surface area contributed by atoms with Crippen LogP contribution < -0.4 is 5.32 Å². The van der Waals surface area contributed by atoms with Crippen molar-refractivity contribution in [3.05, 3.63) is 12.5 Å². The van der Waals surface area contributed by atoms with Gasteiger partial charge in [-0.1, -0.05) is 13.3 Å². The van der Waals surface area contributed by atoms with Crippen molar-refractivity contribution >= 4 is 16.9 Å². The summed E-state index contributed by atoms with van der Waals surface area (Å²) in [6.07, 6.45) is 6.63. The molecule has 6 nitrogen and oxygen atoms in total. The van der Waals surface area contributed by atoms with Crippen molar-refractivity contribution in [1.29, 1.82) is 0 Å².